The van der Waals surface area contributed by atoms with Crippen molar-refractivity contribution in [3.05, 3.63) is 96.2 Å². The van der Waals surface area contributed by atoms with Crippen LogP contribution >= 0.6 is 0 Å². The van der Waals surface area contributed by atoms with Crippen molar-refractivity contribution in [2.75, 3.05) is 0 Å². The fourth-order valence-corrected chi connectivity index (χ4v) is 2.73. The standard InChI is InChI=1S/C13H8BF2NO.C9H7NO/c15-11-5-6-13(16)12(7-11)14(18)10-3-1-9(8-17)2-4-10;11-8-5-1-3-7-4-2-6-10-9(7)8/h1-7,18H;1-6,11H. The highest BCUT2D eigenvalue weighted by Gasteiger charge is 2.21. The molecule has 0 aliphatic carbocycles. The van der Waals surface area contributed by atoms with Crippen LogP contribution in [0.25, 0.3) is 10.9 Å². The number of fused-ring (bicyclic) bond motifs is 1. The first-order valence-electron chi connectivity index (χ1n) is 8.65. The molecule has 0 unspecified atom stereocenters. The van der Waals surface area contributed by atoms with Gasteiger partial charge in [-0.25, -0.2) is 8.78 Å². The Morgan fingerprint density at radius 1 is 0.931 bits per heavy atom. The molecule has 1 heterocycles. The first-order valence-corrected chi connectivity index (χ1v) is 8.65. The topological polar surface area (TPSA) is 77.1 Å². The molecule has 0 saturated heterocycles. The molecule has 3 aromatic carbocycles. The number of phenols is 1. The van der Waals surface area contributed by atoms with Crippen molar-refractivity contribution >= 4 is 28.7 Å². The van der Waals surface area contributed by atoms with Gasteiger partial charge in [0.15, 0.2) is 0 Å². The molecule has 4 nitrogen and oxygen atoms in total. The summed E-state index contributed by atoms with van der Waals surface area (Å²) in [5, 5.41) is 28.9. The van der Waals surface area contributed by atoms with Gasteiger partial charge in [0.25, 0.3) is 0 Å². The number of para-hydroxylation sites is 1. The molecule has 0 saturated carbocycles. The lowest BCUT2D eigenvalue weighted by Crippen LogP contribution is -2.44. The number of halogens is 2. The Morgan fingerprint density at radius 3 is 2.34 bits per heavy atom. The maximum Gasteiger partial charge on any atom is 0.362 e. The van der Waals surface area contributed by atoms with Crippen LogP contribution in [-0.4, -0.2) is 22.0 Å². The average molecular weight is 388 g/mol. The molecule has 0 radical (unpaired) electrons. The number of aromatic hydroxyl groups is 1. The quantitative estimate of drug-likeness (QED) is 0.518. The van der Waals surface area contributed by atoms with Gasteiger partial charge in [-0.2, -0.15) is 5.26 Å². The van der Waals surface area contributed by atoms with Crippen LogP contribution in [0.4, 0.5) is 8.78 Å². The van der Waals surface area contributed by atoms with Crippen molar-refractivity contribution in [2.24, 2.45) is 0 Å². The zero-order chi connectivity index (χ0) is 20.8. The summed E-state index contributed by atoms with van der Waals surface area (Å²) in [5.41, 5.74) is 1.37. The Balaban J connectivity index is 0.000000186. The Labute approximate surface area is 166 Å². The molecule has 0 fully saturated rings. The summed E-state index contributed by atoms with van der Waals surface area (Å²) in [5.74, 6) is -1.05. The van der Waals surface area contributed by atoms with Gasteiger partial charge in [0.1, 0.15) is 22.9 Å². The van der Waals surface area contributed by atoms with Crippen LogP contribution in [0.1, 0.15) is 5.56 Å². The molecule has 29 heavy (non-hydrogen) atoms. The molecule has 142 valence electrons. The minimum Gasteiger partial charge on any atom is -0.506 e. The fourth-order valence-electron chi connectivity index (χ4n) is 2.73. The molecule has 0 spiro atoms. The van der Waals surface area contributed by atoms with E-state index in [2.05, 4.69) is 4.98 Å². The first kappa shape index (κ1) is 20.0. The van der Waals surface area contributed by atoms with Gasteiger partial charge in [0, 0.05) is 11.6 Å². The number of nitrogens with zero attached hydrogens (tertiary/aromatic N) is 2. The summed E-state index contributed by atoms with van der Waals surface area (Å²) in [6.45, 7) is -1.26. The molecule has 0 amide bonds. The summed E-state index contributed by atoms with van der Waals surface area (Å²) in [4.78, 5) is 4.03. The summed E-state index contributed by atoms with van der Waals surface area (Å²) in [6.07, 6.45) is 1.67. The third-order valence-electron chi connectivity index (χ3n) is 4.22. The van der Waals surface area contributed by atoms with Crippen LogP contribution in [0.3, 0.4) is 0 Å². The van der Waals surface area contributed by atoms with Crippen molar-refractivity contribution in [3.8, 4) is 11.8 Å². The van der Waals surface area contributed by atoms with Gasteiger partial charge in [-0.05, 0) is 53.4 Å². The lowest BCUT2D eigenvalue weighted by atomic mass is 9.55. The molecule has 1 aromatic heterocycles. The normalized spacial score (nSPS) is 10.0. The van der Waals surface area contributed by atoms with Gasteiger partial charge in [-0.1, -0.05) is 30.3 Å². The third kappa shape index (κ3) is 4.75. The molecule has 0 atom stereocenters. The van der Waals surface area contributed by atoms with E-state index in [1.165, 1.54) is 24.3 Å². The van der Waals surface area contributed by atoms with Gasteiger partial charge in [-0.15, -0.1) is 0 Å². The minimum atomic E-state index is -1.26. The van der Waals surface area contributed by atoms with Gasteiger partial charge >= 0.3 is 6.92 Å². The smallest absolute Gasteiger partial charge is 0.362 e. The molecule has 2 N–H and O–H groups in total. The van der Waals surface area contributed by atoms with Crippen LogP contribution in [-0.2, 0) is 0 Å². The largest absolute Gasteiger partial charge is 0.506 e. The Kier molecular flexibility index (Phi) is 6.17. The van der Waals surface area contributed by atoms with Gasteiger partial charge < -0.3 is 10.1 Å². The second kappa shape index (κ2) is 8.96. The Bertz CT molecular complexity index is 1170. The number of benzene rings is 3. The lowest BCUT2D eigenvalue weighted by molar-refractivity contribution is 0.480. The number of nitriles is 1. The zero-order valence-electron chi connectivity index (χ0n) is 15.1. The van der Waals surface area contributed by atoms with E-state index in [0.29, 0.717) is 16.5 Å². The number of phenolic OH excluding ortho intramolecular Hbond substituents is 1. The second-order valence-electron chi connectivity index (χ2n) is 6.15. The van der Waals surface area contributed by atoms with E-state index in [1.807, 2.05) is 24.3 Å². The first-order chi connectivity index (χ1) is 14.0. The van der Waals surface area contributed by atoms with E-state index >= 15 is 0 Å². The van der Waals surface area contributed by atoms with Crippen LogP contribution in [0, 0.1) is 23.0 Å². The highest BCUT2D eigenvalue weighted by atomic mass is 19.1. The summed E-state index contributed by atoms with van der Waals surface area (Å²) in [6, 6.07) is 20.0. The number of hydrogen-bond acceptors (Lipinski definition) is 4. The predicted octanol–water partition coefficient (Wildman–Crippen LogP) is 2.87. The highest BCUT2D eigenvalue weighted by Crippen LogP contribution is 2.20. The monoisotopic (exact) mass is 388 g/mol. The van der Waals surface area contributed by atoms with Crippen LogP contribution < -0.4 is 10.9 Å². The van der Waals surface area contributed by atoms with Crippen LogP contribution in [0.2, 0.25) is 0 Å². The Morgan fingerprint density at radius 2 is 1.66 bits per heavy atom. The van der Waals surface area contributed by atoms with Crippen molar-refractivity contribution in [1.82, 2.24) is 4.98 Å². The fraction of sp³-hybridized carbons (Fsp3) is 0. The summed E-state index contributed by atoms with van der Waals surface area (Å²) in [7, 11) is 0. The molecule has 0 aliphatic rings. The number of pyridine rings is 1. The maximum atomic E-state index is 13.5. The van der Waals surface area contributed by atoms with Crippen molar-refractivity contribution < 1.29 is 18.9 Å². The average Bonchev–Trinajstić information content (AvgIpc) is 2.76. The van der Waals surface area contributed by atoms with Gasteiger partial charge in [0.05, 0.1) is 11.6 Å². The van der Waals surface area contributed by atoms with E-state index < -0.39 is 18.6 Å². The summed E-state index contributed by atoms with van der Waals surface area (Å²) >= 11 is 0. The minimum absolute atomic E-state index is 0.125. The van der Waals surface area contributed by atoms with Crippen molar-refractivity contribution in [1.29, 1.82) is 5.26 Å². The van der Waals surface area contributed by atoms with Crippen molar-refractivity contribution in [2.45, 2.75) is 0 Å². The third-order valence-corrected chi connectivity index (χ3v) is 4.22. The van der Waals surface area contributed by atoms with E-state index in [0.717, 1.165) is 23.6 Å². The predicted molar refractivity (Wildman–Crippen MR) is 108 cm³/mol. The number of rotatable bonds is 2. The zero-order valence-corrected chi connectivity index (χ0v) is 15.1. The van der Waals surface area contributed by atoms with Gasteiger partial charge in [-0.3, -0.25) is 4.98 Å². The summed E-state index contributed by atoms with van der Waals surface area (Å²) < 4.78 is 26.5. The molecule has 0 aliphatic heterocycles. The molecule has 4 aromatic rings. The molecular weight excluding hydrogens is 373 g/mol. The molecule has 0 bridgehead atoms. The second-order valence-corrected chi connectivity index (χ2v) is 6.15. The van der Waals surface area contributed by atoms with Gasteiger partial charge in [0.2, 0.25) is 0 Å². The van der Waals surface area contributed by atoms with E-state index in [1.54, 1.807) is 18.3 Å². The molecule has 7 heteroatoms. The SMILES string of the molecule is N#Cc1ccc(B(O)c2cc(F)ccc2F)cc1.Oc1cccc2cccnc12. The highest BCUT2D eigenvalue weighted by molar-refractivity contribution is 6.78. The maximum absolute atomic E-state index is 13.5. The van der Waals surface area contributed by atoms with Crippen LogP contribution in [0.5, 0.6) is 5.75 Å². The number of hydrogen-bond donors (Lipinski definition) is 2. The number of aromatic nitrogens is 1. The lowest BCUT2D eigenvalue weighted by Gasteiger charge is -2.08. The van der Waals surface area contributed by atoms with E-state index in [4.69, 9.17) is 5.26 Å². The van der Waals surface area contributed by atoms with Crippen LogP contribution in [0.15, 0.2) is 79.0 Å². The molecular formula is C22H15BF2N2O2. The van der Waals surface area contributed by atoms with E-state index in [-0.39, 0.29) is 11.2 Å². The molecule has 4 rings (SSSR count). The van der Waals surface area contributed by atoms with Crippen molar-refractivity contribution in [3.63, 3.8) is 0 Å². The Hall–Kier alpha value is -3.76. The van der Waals surface area contributed by atoms with E-state index in [9.17, 15) is 18.9 Å².